The third-order valence-corrected chi connectivity index (χ3v) is 5.65. The molecule has 34 heavy (non-hydrogen) atoms. The highest BCUT2D eigenvalue weighted by Gasteiger charge is 2.27. The molecule has 186 valence electrons. The van der Waals surface area contributed by atoms with E-state index in [2.05, 4.69) is 4.98 Å². The summed E-state index contributed by atoms with van der Waals surface area (Å²) in [5.74, 6) is -1.21. The average Bonchev–Trinajstić information content (AvgIpc) is 2.82. The number of hydrogen-bond donors (Lipinski definition) is 2. The van der Waals surface area contributed by atoms with Crippen molar-refractivity contribution < 1.29 is 14.3 Å². The van der Waals surface area contributed by atoms with Crippen LogP contribution in [0.4, 0.5) is 11.5 Å². The van der Waals surface area contributed by atoms with E-state index < -0.39 is 17.2 Å². The van der Waals surface area contributed by atoms with E-state index in [1.54, 1.807) is 11.8 Å². The van der Waals surface area contributed by atoms with Crippen molar-refractivity contribution in [3.05, 3.63) is 56.7 Å². The second kappa shape index (κ2) is 12.7. The Morgan fingerprint density at radius 1 is 1.18 bits per heavy atom. The number of benzene rings is 1. The number of H-pyrrole nitrogens is 1. The Bertz CT molecular complexity index is 1080. The van der Waals surface area contributed by atoms with Gasteiger partial charge in [0.2, 0.25) is 5.91 Å². The Hall–Kier alpha value is -3.40. The number of nitrogens with zero attached hydrogens (tertiary/aromatic N) is 3. The molecule has 10 nitrogen and oxygen atoms in total. The lowest BCUT2D eigenvalue weighted by atomic mass is 10.1. The van der Waals surface area contributed by atoms with Crippen LogP contribution in [0, 0.1) is 5.92 Å². The molecule has 0 radical (unpaired) electrons. The molecule has 0 spiro atoms. The maximum atomic E-state index is 13.5. The number of nitrogens with one attached hydrogen (secondary N) is 1. The van der Waals surface area contributed by atoms with Gasteiger partial charge >= 0.3 is 11.7 Å². The Labute approximate surface area is 199 Å². The lowest BCUT2D eigenvalue weighted by Crippen LogP contribution is -2.46. The van der Waals surface area contributed by atoms with E-state index in [1.807, 2.05) is 44.2 Å². The number of anilines is 2. The van der Waals surface area contributed by atoms with Crippen molar-refractivity contribution in [2.24, 2.45) is 5.92 Å². The van der Waals surface area contributed by atoms with Crippen LogP contribution in [-0.2, 0) is 27.4 Å². The lowest BCUT2D eigenvalue weighted by Gasteiger charge is -2.28. The number of carbonyl (C=O) groups excluding carboxylic acids is 2. The van der Waals surface area contributed by atoms with E-state index in [9.17, 15) is 19.2 Å². The van der Waals surface area contributed by atoms with E-state index in [-0.39, 0.29) is 36.5 Å². The van der Waals surface area contributed by atoms with Crippen molar-refractivity contribution in [2.45, 2.75) is 46.7 Å². The van der Waals surface area contributed by atoms with Gasteiger partial charge in [0.15, 0.2) is 5.69 Å². The zero-order valence-electron chi connectivity index (χ0n) is 20.4. The van der Waals surface area contributed by atoms with E-state index >= 15 is 0 Å². The van der Waals surface area contributed by atoms with Gasteiger partial charge in [-0.15, -0.1) is 0 Å². The van der Waals surface area contributed by atoms with Crippen LogP contribution in [0.2, 0.25) is 0 Å². The lowest BCUT2D eigenvalue weighted by molar-refractivity contribution is -0.145. The summed E-state index contributed by atoms with van der Waals surface area (Å²) in [4.78, 5) is 56.0. The standard InChI is InChI=1S/C24H35N5O5/c1-5-7-13-28-21(25)20(22(31)26-24(28)33)29(15-18-11-9-8-10-12-18)19(30)16-27(6-2)14-17(3)23(32)34-4/h8-12,17H,5-7,13-16,25H2,1-4H3,(H,26,31,33). The number of ether oxygens (including phenoxy) is 1. The molecule has 2 rings (SSSR count). The zero-order chi connectivity index (χ0) is 25.3. The quantitative estimate of drug-likeness (QED) is 0.448. The van der Waals surface area contributed by atoms with Crippen molar-refractivity contribution in [1.82, 2.24) is 14.5 Å². The number of amides is 1. The van der Waals surface area contributed by atoms with E-state index in [4.69, 9.17) is 10.5 Å². The van der Waals surface area contributed by atoms with Gasteiger partial charge < -0.3 is 10.5 Å². The van der Waals surface area contributed by atoms with Gasteiger partial charge in [0, 0.05) is 13.1 Å². The minimum absolute atomic E-state index is 0.0440. The van der Waals surface area contributed by atoms with Gasteiger partial charge in [0.05, 0.1) is 26.1 Å². The van der Waals surface area contributed by atoms with Crippen molar-refractivity contribution >= 4 is 23.4 Å². The molecular formula is C24H35N5O5. The minimum Gasteiger partial charge on any atom is -0.469 e. The molecule has 0 fully saturated rings. The van der Waals surface area contributed by atoms with Crippen molar-refractivity contribution in [3.8, 4) is 0 Å². The van der Waals surface area contributed by atoms with Gasteiger partial charge in [-0.1, -0.05) is 57.5 Å². The van der Waals surface area contributed by atoms with Crippen molar-refractivity contribution in [3.63, 3.8) is 0 Å². The van der Waals surface area contributed by atoms with Gasteiger partial charge in [0.25, 0.3) is 5.56 Å². The number of aromatic amines is 1. The molecule has 1 atom stereocenters. The van der Waals surface area contributed by atoms with Crippen LogP contribution in [0.5, 0.6) is 0 Å². The van der Waals surface area contributed by atoms with Gasteiger partial charge in [-0.25, -0.2) is 4.79 Å². The molecule has 10 heteroatoms. The van der Waals surface area contributed by atoms with Crippen LogP contribution in [-0.4, -0.2) is 53.1 Å². The Kier molecular flexibility index (Phi) is 10.1. The minimum atomic E-state index is -0.717. The highest BCUT2D eigenvalue weighted by Crippen LogP contribution is 2.20. The van der Waals surface area contributed by atoms with Gasteiger partial charge in [-0.2, -0.15) is 0 Å². The average molecular weight is 474 g/mol. The van der Waals surface area contributed by atoms with Gasteiger partial charge in [-0.05, 0) is 18.5 Å². The van der Waals surface area contributed by atoms with Gasteiger partial charge in [-0.3, -0.25) is 33.7 Å². The number of hydrogen-bond acceptors (Lipinski definition) is 7. The molecule has 0 aliphatic rings. The highest BCUT2D eigenvalue weighted by atomic mass is 16.5. The van der Waals surface area contributed by atoms with E-state index in [0.29, 0.717) is 26.1 Å². The molecule has 3 N–H and O–H groups in total. The number of carbonyl (C=O) groups is 2. The molecule has 0 saturated carbocycles. The molecule has 1 heterocycles. The molecule has 1 unspecified atom stereocenters. The van der Waals surface area contributed by atoms with Crippen LogP contribution >= 0.6 is 0 Å². The first-order valence-electron chi connectivity index (χ1n) is 11.5. The van der Waals surface area contributed by atoms with Crippen LogP contribution in [0.1, 0.15) is 39.2 Å². The number of rotatable bonds is 12. The van der Waals surface area contributed by atoms with Gasteiger partial charge in [0.1, 0.15) is 5.82 Å². The number of nitrogen functional groups attached to an aromatic ring is 1. The molecule has 0 saturated heterocycles. The first-order chi connectivity index (χ1) is 16.2. The fourth-order valence-corrected chi connectivity index (χ4v) is 3.68. The molecule has 1 aromatic carbocycles. The summed E-state index contributed by atoms with van der Waals surface area (Å²) in [6, 6.07) is 9.21. The number of nitrogens with two attached hydrogens (primary N) is 1. The van der Waals surface area contributed by atoms with Crippen LogP contribution in [0.15, 0.2) is 39.9 Å². The molecule has 1 aromatic heterocycles. The molecular weight excluding hydrogens is 438 g/mol. The molecule has 1 amide bonds. The first kappa shape index (κ1) is 26.8. The van der Waals surface area contributed by atoms with Crippen LogP contribution < -0.4 is 21.9 Å². The first-order valence-corrected chi connectivity index (χ1v) is 11.5. The number of methoxy groups -OCH3 is 1. The number of unbranched alkanes of at least 4 members (excludes halogenated alkanes) is 1. The summed E-state index contributed by atoms with van der Waals surface area (Å²) in [5, 5.41) is 0. The Morgan fingerprint density at radius 3 is 2.44 bits per heavy atom. The summed E-state index contributed by atoms with van der Waals surface area (Å²) in [7, 11) is 1.32. The summed E-state index contributed by atoms with van der Waals surface area (Å²) < 4.78 is 6.08. The second-order valence-electron chi connectivity index (χ2n) is 8.22. The third kappa shape index (κ3) is 6.80. The van der Waals surface area contributed by atoms with Crippen LogP contribution in [0.25, 0.3) is 0 Å². The Morgan fingerprint density at radius 2 is 1.85 bits per heavy atom. The summed E-state index contributed by atoms with van der Waals surface area (Å²) in [5.41, 5.74) is 5.72. The van der Waals surface area contributed by atoms with E-state index in [0.717, 1.165) is 12.0 Å². The zero-order valence-corrected chi connectivity index (χ0v) is 20.4. The molecule has 0 aliphatic carbocycles. The number of esters is 1. The van der Waals surface area contributed by atoms with E-state index in [1.165, 1.54) is 16.6 Å². The molecule has 0 bridgehead atoms. The smallest absolute Gasteiger partial charge is 0.330 e. The fraction of sp³-hybridized carbons (Fsp3) is 0.500. The fourth-order valence-electron chi connectivity index (χ4n) is 3.68. The third-order valence-electron chi connectivity index (χ3n) is 5.65. The monoisotopic (exact) mass is 473 g/mol. The number of likely N-dealkylation sites (N-methyl/N-ethyl adjacent to an activating group) is 1. The second-order valence-corrected chi connectivity index (χ2v) is 8.22. The maximum absolute atomic E-state index is 13.5. The number of aromatic nitrogens is 2. The van der Waals surface area contributed by atoms with Crippen molar-refractivity contribution in [2.75, 3.05) is 37.4 Å². The summed E-state index contributed by atoms with van der Waals surface area (Å²) in [6.45, 7) is 6.80. The molecule has 2 aromatic rings. The SMILES string of the molecule is CCCCn1c(N)c(N(Cc2ccccc2)C(=O)CN(CC)CC(C)C(=O)OC)c(=O)[nH]c1=O. The Balaban J connectivity index is 2.46. The topological polar surface area (TPSA) is 131 Å². The predicted octanol–water partition coefficient (Wildman–Crippen LogP) is 1.58. The molecule has 0 aliphatic heterocycles. The summed E-state index contributed by atoms with van der Waals surface area (Å²) >= 11 is 0. The highest BCUT2D eigenvalue weighted by molar-refractivity contribution is 5.96. The van der Waals surface area contributed by atoms with Crippen molar-refractivity contribution in [1.29, 1.82) is 0 Å². The largest absolute Gasteiger partial charge is 0.469 e. The predicted molar refractivity (Wildman–Crippen MR) is 132 cm³/mol. The maximum Gasteiger partial charge on any atom is 0.330 e. The summed E-state index contributed by atoms with van der Waals surface area (Å²) in [6.07, 6.45) is 1.52. The van der Waals surface area contributed by atoms with Crippen LogP contribution in [0.3, 0.4) is 0 Å². The normalized spacial score (nSPS) is 11.9.